The Kier molecular flexibility index (Phi) is 3.80. The van der Waals surface area contributed by atoms with Gasteiger partial charge in [0.2, 0.25) is 5.95 Å². The molecule has 3 N–H and O–H groups in total. The summed E-state index contributed by atoms with van der Waals surface area (Å²) in [6, 6.07) is 2.98. The van der Waals surface area contributed by atoms with E-state index >= 15 is 0 Å². The molecule has 1 aliphatic rings. The van der Waals surface area contributed by atoms with E-state index in [-0.39, 0.29) is 5.95 Å². The molecule has 0 bridgehead atoms. The van der Waals surface area contributed by atoms with E-state index in [0.717, 1.165) is 11.0 Å². The highest BCUT2D eigenvalue weighted by Crippen LogP contribution is 2.29. The highest BCUT2D eigenvalue weighted by Gasteiger charge is 2.17. The molecule has 0 aromatic carbocycles. The average molecular weight is 314 g/mol. The standard InChI is InChI=1S/C15H14N4O4/c16-15-17-7-10(14(18-15)11-2-1-5-23-11)9-3-4-19(8-13(21)22)12(20)6-9/h2-4,6-7H,1,5,8H2,(H,21,22)(H2,16,17,18). The molecule has 8 nitrogen and oxygen atoms in total. The molecule has 3 heterocycles. The van der Waals surface area contributed by atoms with Crippen molar-refractivity contribution in [2.75, 3.05) is 12.3 Å². The Labute approximate surface area is 130 Å². The van der Waals surface area contributed by atoms with E-state index in [1.807, 2.05) is 6.08 Å². The Morgan fingerprint density at radius 3 is 2.96 bits per heavy atom. The van der Waals surface area contributed by atoms with Gasteiger partial charge < -0.3 is 20.1 Å². The number of nitrogens with two attached hydrogens (primary N) is 1. The van der Waals surface area contributed by atoms with Gasteiger partial charge in [-0.05, 0) is 17.7 Å². The minimum atomic E-state index is -1.08. The van der Waals surface area contributed by atoms with E-state index in [1.165, 1.54) is 18.5 Å². The first-order valence-electron chi connectivity index (χ1n) is 6.93. The van der Waals surface area contributed by atoms with Crippen LogP contribution in [0.2, 0.25) is 0 Å². The number of hydrogen-bond donors (Lipinski definition) is 2. The zero-order chi connectivity index (χ0) is 16.4. The van der Waals surface area contributed by atoms with Gasteiger partial charge in [-0.15, -0.1) is 0 Å². The van der Waals surface area contributed by atoms with E-state index in [4.69, 9.17) is 15.6 Å². The van der Waals surface area contributed by atoms with Crippen LogP contribution in [0.5, 0.6) is 0 Å². The van der Waals surface area contributed by atoms with Crippen LogP contribution in [0.3, 0.4) is 0 Å². The van der Waals surface area contributed by atoms with Gasteiger partial charge in [-0.25, -0.2) is 9.97 Å². The second-order valence-electron chi connectivity index (χ2n) is 4.97. The first-order chi connectivity index (χ1) is 11.0. The summed E-state index contributed by atoms with van der Waals surface area (Å²) in [6.45, 7) is 0.178. The van der Waals surface area contributed by atoms with Crippen LogP contribution in [-0.2, 0) is 16.1 Å². The summed E-state index contributed by atoms with van der Waals surface area (Å²) in [6.07, 6.45) is 5.63. The highest BCUT2D eigenvalue weighted by molar-refractivity contribution is 5.77. The zero-order valence-electron chi connectivity index (χ0n) is 12.1. The normalized spacial score (nSPS) is 13.5. The van der Waals surface area contributed by atoms with Crippen molar-refractivity contribution in [1.29, 1.82) is 0 Å². The molecule has 8 heteroatoms. The molecule has 0 saturated heterocycles. The zero-order valence-corrected chi connectivity index (χ0v) is 12.1. The van der Waals surface area contributed by atoms with Gasteiger partial charge in [-0.2, -0.15) is 0 Å². The van der Waals surface area contributed by atoms with Crippen LogP contribution in [-0.4, -0.2) is 32.2 Å². The molecule has 0 fully saturated rings. The minimum absolute atomic E-state index is 0.111. The number of carbonyl (C=O) groups is 1. The van der Waals surface area contributed by atoms with Gasteiger partial charge in [0.05, 0.1) is 6.61 Å². The number of anilines is 1. The second-order valence-corrected chi connectivity index (χ2v) is 4.97. The topological polar surface area (TPSA) is 120 Å². The number of hydrogen-bond acceptors (Lipinski definition) is 6. The largest absolute Gasteiger partial charge is 0.491 e. The van der Waals surface area contributed by atoms with Crippen LogP contribution in [0.15, 0.2) is 35.4 Å². The molecule has 2 aromatic rings. The Bertz CT molecular complexity index is 857. The van der Waals surface area contributed by atoms with Crippen molar-refractivity contribution in [1.82, 2.24) is 14.5 Å². The molecule has 0 spiro atoms. The molecule has 0 unspecified atom stereocenters. The van der Waals surface area contributed by atoms with E-state index in [2.05, 4.69) is 9.97 Å². The number of carboxylic acid groups (broad SMARTS) is 1. The molecule has 0 atom stereocenters. The monoisotopic (exact) mass is 314 g/mol. The molecule has 0 saturated carbocycles. The number of aromatic nitrogens is 3. The number of carboxylic acids is 1. The fourth-order valence-electron chi connectivity index (χ4n) is 2.33. The van der Waals surface area contributed by atoms with Crippen LogP contribution in [0, 0.1) is 0 Å². The smallest absolute Gasteiger partial charge is 0.323 e. The van der Waals surface area contributed by atoms with Gasteiger partial charge in [0, 0.05) is 30.4 Å². The summed E-state index contributed by atoms with van der Waals surface area (Å²) in [5, 5.41) is 8.78. The highest BCUT2D eigenvalue weighted by atomic mass is 16.5. The van der Waals surface area contributed by atoms with Gasteiger partial charge >= 0.3 is 5.97 Å². The molecule has 1 aliphatic heterocycles. The summed E-state index contributed by atoms with van der Waals surface area (Å²) >= 11 is 0. The van der Waals surface area contributed by atoms with Crippen LogP contribution < -0.4 is 11.3 Å². The van der Waals surface area contributed by atoms with Crippen LogP contribution in [0.25, 0.3) is 16.9 Å². The van der Waals surface area contributed by atoms with Crippen LogP contribution in [0.1, 0.15) is 12.1 Å². The van der Waals surface area contributed by atoms with Gasteiger partial charge in [0.15, 0.2) is 0 Å². The average Bonchev–Trinajstić information content (AvgIpc) is 3.03. The Morgan fingerprint density at radius 2 is 2.30 bits per heavy atom. The van der Waals surface area contributed by atoms with Crippen molar-refractivity contribution >= 4 is 17.7 Å². The van der Waals surface area contributed by atoms with Crippen molar-refractivity contribution in [3.8, 4) is 11.1 Å². The first kappa shape index (κ1) is 14.8. The van der Waals surface area contributed by atoms with Crippen LogP contribution >= 0.6 is 0 Å². The van der Waals surface area contributed by atoms with Crippen molar-refractivity contribution in [3.05, 3.63) is 46.7 Å². The number of nitrogen functional groups attached to an aromatic ring is 1. The number of pyridine rings is 1. The molecule has 0 amide bonds. The molecule has 0 radical (unpaired) electrons. The summed E-state index contributed by atoms with van der Waals surface area (Å²) in [4.78, 5) is 30.9. The fraction of sp³-hybridized carbons (Fsp3) is 0.200. The molecule has 2 aromatic heterocycles. The van der Waals surface area contributed by atoms with Crippen LogP contribution in [0.4, 0.5) is 5.95 Å². The summed E-state index contributed by atoms with van der Waals surface area (Å²) in [5.41, 5.74) is 6.92. The Morgan fingerprint density at radius 1 is 1.48 bits per heavy atom. The second kappa shape index (κ2) is 5.91. The molecule has 3 rings (SSSR count). The number of aliphatic carboxylic acids is 1. The van der Waals surface area contributed by atoms with E-state index in [9.17, 15) is 9.59 Å². The molecule has 118 valence electrons. The predicted molar refractivity (Wildman–Crippen MR) is 82.3 cm³/mol. The third-order valence-corrected chi connectivity index (χ3v) is 3.36. The number of ether oxygens (including phenoxy) is 1. The maximum Gasteiger partial charge on any atom is 0.323 e. The van der Waals surface area contributed by atoms with Crippen molar-refractivity contribution in [2.45, 2.75) is 13.0 Å². The lowest BCUT2D eigenvalue weighted by Crippen LogP contribution is -2.22. The molecule has 0 aliphatic carbocycles. The Hall–Kier alpha value is -3.16. The minimum Gasteiger partial charge on any atom is -0.491 e. The van der Waals surface area contributed by atoms with Crippen molar-refractivity contribution in [3.63, 3.8) is 0 Å². The maximum atomic E-state index is 12.0. The molecular weight excluding hydrogens is 300 g/mol. The lowest BCUT2D eigenvalue weighted by Gasteiger charge is -2.11. The maximum absolute atomic E-state index is 12.0. The van der Waals surface area contributed by atoms with Gasteiger partial charge in [0.25, 0.3) is 5.56 Å². The Balaban J connectivity index is 2.07. The number of rotatable bonds is 4. The number of nitrogens with zero attached hydrogens (tertiary/aromatic N) is 3. The van der Waals surface area contributed by atoms with Crippen molar-refractivity contribution < 1.29 is 14.6 Å². The van der Waals surface area contributed by atoms with E-state index in [1.54, 1.807) is 6.07 Å². The van der Waals surface area contributed by atoms with E-state index < -0.39 is 18.1 Å². The third kappa shape index (κ3) is 3.05. The summed E-state index contributed by atoms with van der Waals surface area (Å²) < 4.78 is 6.62. The summed E-state index contributed by atoms with van der Waals surface area (Å²) in [7, 11) is 0. The van der Waals surface area contributed by atoms with E-state index in [0.29, 0.717) is 29.2 Å². The lowest BCUT2D eigenvalue weighted by molar-refractivity contribution is -0.137. The third-order valence-electron chi connectivity index (χ3n) is 3.36. The summed E-state index contributed by atoms with van der Waals surface area (Å²) in [5.74, 6) is -0.371. The van der Waals surface area contributed by atoms with Gasteiger partial charge in [-0.3, -0.25) is 9.59 Å². The first-order valence-corrected chi connectivity index (χ1v) is 6.93. The fourth-order valence-corrected chi connectivity index (χ4v) is 2.33. The molecular formula is C15H14N4O4. The lowest BCUT2D eigenvalue weighted by atomic mass is 10.1. The molecule has 23 heavy (non-hydrogen) atoms. The quantitative estimate of drug-likeness (QED) is 0.853. The SMILES string of the molecule is Nc1ncc(-c2ccn(CC(=O)O)c(=O)c2)c(C2=CCCO2)n1. The predicted octanol–water partition coefficient (Wildman–Crippen LogP) is 0.733. The van der Waals surface area contributed by atoms with Gasteiger partial charge in [-0.1, -0.05) is 0 Å². The van der Waals surface area contributed by atoms with Gasteiger partial charge in [0.1, 0.15) is 18.0 Å². The van der Waals surface area contributed by atoms with Crippen molar-refractivity contribution in [2.24, 2.45) is 0 Å².